The minimum atomic E-state index is -3.42. The highest BCUT2D eigenvalue weighted by Gasteiger charge is 2.36. The highest BCUT2D eigenvalue weighted by atomic mass is 32.2. The van der Waals surface area contributed by atoms with E-state index in [4.69, 9.17) is 5.73 Å². The van der Waals surface area contributed by atoms with E-state index in [0.717, 1.165) is 18.4 Å². The third-order valence-corrected chi connectivity index (χ3v) is 5.89. The predicted molar refractivity (Wildman–Crippen MR) is 80.2 cm³/mol. The summed E-state index contributed by atoms with van der Waals surface area (Å²) in [6, 6.07) is 9.62. The zero-order valence-corrected chi connectivity index (χ0v) is 12.7. The maximum atomic E-state index is 12.7. The lowest BCUT2D eigenvalue weighted by Crippen LogP contribution is -2.47. The fraction of sp³-hybridized carbons (Fsp3) is 0.571. The Morgan fingerprint density at radius 1 is 1.35 bits per heavy atom. The fourth-order valence-electron chi connectivity index (χ4n) is 2.64. The fourth-order valence-corrected chi connectivity index (χ4v) is 4.50. The first-order valence-corrected chi connectivity index (χ1v) is 8.50. The van der Waals surface area contributed by atoms with Crippen LogP contribution in [0.4, 0.5) is 0 Å². The molecular formula is C14H23N3O2S. The van der Waals surface area contributed by atoms with E-state index in [2.05, 4.69) is 0 Å². The summed E-state index contributed by atoms with van der Waals surface area (Å²) in [7, 11) is -3.42. The average molecular weight is 297 g/mol. The van der Waals surface area contributed by atoms with E-state index in [-0.39, 0.29) is 6.04 Å². The molecule has 1 aliphatic heterocycles. The molecule has 1 atom stereocenters. The van der Waals surface area contributed by atoms with E-state index in [1.54, 1.807) is 4.31 Å². The summed E-state index contributed by atoms with van der Waals surface area (Å²) in [5, 5.41) is 0. The predicted octanol–water partition coefficient (Wildman–Crippen LogP) is 1.18. The molecule has 0 aromatic heterocycles. The van der Waals surface area contributed by atoms with Crippen LogP contribution in [-0.4, -0.2) is 42.7 Å². The monoisotopic (exact) mass is 297 g/mol. The van der Waals surface area contributed by atoms with Gasteiger partial charge in [-0.1, -0.05) is 37.3 Å². The SMILES string of the molecule is CCN(Cc1ccccc1)S(=O)(=O)N1CCCC1CN. The summed E-state index contributed by atoms with van der Waals surface area (Å²) in [6.07, 6.45) is 1.75. The minimum absolute atomic E-state index is 0.0511. The van der Waals surface area contributed by atoms with Crippen LogP contribution in [0.3, 0.4) is 0 Å². The summed E-state index contributed by atoms with van der Waals surface area (Å²) in [5.41, 5.74) is 6.69. The Morgan fingerprint density at radius 2 is 2.05 bits per heavy atom. The van der Waals surface area contributed by atoms with Crippen molar-refractivity contribution in [2.45, 2.75) is 32.4 Å². The number of hydrogen-bond donors (Lipinski definition) is 1. The van der Waals surface area contributed by atoms with Crippen molar-refractivity contribution in [3.8, 4) is 0 Å². The first kappa shape index (κ1) is 15.4. The molecule has 0 radical (unpaired) electrons. The van der Waals surface area contributed by atoms with Crippen LogP contribution in [-0.2, 0) is 16.8 Å². The third-order valence-electron chi connectivity index (χ3n) is 3.77. The molecule has 2 rings (SSSR count). The van der Waals surface area contributed by atoms with Crippen molar-refractivity contribution in [3.05, 3.63) is 35.9 Å². The highest BCUT2D eigenvalue weighted by Crippen LogP contribution is 2.23. The lowest BCUT2D eigenvalue weighted by atomic mass is 10.2. The number of hydrogen-bond acceptors (Lipinski definition) is 3. The number of nitrogens with zero attached hydrogens (tertiary/aromatic N) is 2. The minimum Gasteiger partial charge on any atom is -0.329 e. The molecule has 1 saturated heterocycles. The molecule has 1 fully saturated rings. The smallest absolute Gasteiger partial charge is 0.282 e. The highest BCUT2D eigenvalue weighted by molar-refractivity contribution is 7.86. The van der Waals surface area contributed by atoms with Gasteiger partial charge in [0.1, 0.15) is 0 Å². The Kier molecular flexibility index (Phi) is 5.15. The van der Waals surface area contributed by atoms with Crippen molar-refractivity contribution in [1.82, 2.24) is 8.61 Å². The van der Waals surface area contributed by atoms with Gasteiger partial charge in [0.15, 0.2) is 0 Å². The first-order chi connectivity index (χ1) is 9.59. The molecule has 1 aromatic carbocycles. The van der Waals surface area contributed by atoms with Gasteiger partial charge >= 0.3 is 0 Å². The van der Waals surface area contributed by atoms with E-state index in [9.17, 15) is 8.42 Å². The van der Waals surface area contributed by atoms with Crippen LogP contribution in [0.5, 0.6) is 0 Å². The maximum absolute atomic E-state index is 12.7. The van der Waals surface area contributed by atoms with Crippen LogP contribution in [0.25, 0.3) is 0 Å². The molecule has 6 heteroatoms. The van der Waals surface area contributed by atoms with Crippen molar-refractivity contribution < 1.29 is 8.42 Å². The third kappa shape index (κ3) is 3.20. The molecule has 1 unspecified atom stereocenters. The second-order valence-corrected chi connectivity index (χ2v) is 6.94. The van der Waals surface area contributed by atoms with Gasteiger partial charge < -0.3 is 5.73 Å². The van der Waals surface area contributed by atoms with Crippen LogP contribution in [0, 0.1) is 0 Å². The molecule has 0 saturated carbocycles. The second kappa shape index (κ2) is 6.67. The molecule has 112 valence electrons. The maximum Gasteiger partial charge on any atom is 0.282 e. The Hall–Kier alpha value is -0.950. The molecule has 0 spiro atoms. The van der Waals surface area contributed by atoms with Gasteiger partial charge in [0.25, 0.3) is 10.2 Å². The molecular weight excluding hydrogens is 274 g/mol. The summed E-state index contributed by atoms with van der Waals surface area (Å²) >= 11 is 0. The van der Waals surface area contributed by atoms with Gasteiger partial charge in [0, 0.05) is 32.2 Å². The van der Waals surface area contributed by atoms with Crippen molar-refractivity contribution in [1.29, 1.82) is 0 Å². The van der Waals surface area contributed by atoms with Gasteiger partial charge in [-0.3, -0.25) is 0 Å². The quantitative estimate of drug-likeness (QED) is 0.857. The summed E-state index contributed by atoms with van der Waals surface area (Å²) in [5.74, 6) is 0. The van der Waals surface area contributed by atoms with Gasteiger partial charge in [-0.25, -0.2) is 0 Å². The topological polar surface area (TPSA) is 66.6 Å². The molecule has 0 bridgehead atoms. The van der Waals surface area contributed by atoms with E-state index in [0.29, 0.717) is 26.2 Å². The zero-order valence-electron chi connectivity index (χ0n) is 11.9. The lowest BCUT2D eigenvalue weighted by molar-refractivity contribution is 0.328. The Labute approximate surface area is 121 Å². The number of nitrogens with two attached hydrogens (primary N) is 1. The van der Waals surface area contributed by atoms with Gasteiger partial charge in [0.2, 0.25) is 0 Å². The Bertz CT molecular complexity index is 518. The van der Waals surface area contributed by atoms with Gasteiger partial charge in [-0.2, -0.15) is 17.0 Å². The van der Waals surface area contributed by atoms with Gasteiger partial charge in [-0.15, -0.1) is 0 Å². The Morgan fingerprint density at radius 3 is 2.65 bits per heavy atom. The van der Waals surface area contributed by atoms with Crippen LogP contribution >= 0.6 is 0 Å². The van der Waals surface area contributed by atoms with Crippen molar-refractivity contribution >= 4 is 10.2 Å². The average Bonchev–Trinajstić information content (AvgIpc) is 2.95. The van der Waals surface area contributed by atoms with E-state index >= 15 is 0 Å². The lowest BCUT2D eigenvalue weighted by Gasteiger charge is -2.30. The molecule has 20 heavy (non-hydrogen) atoms. The molecule has 5 nitrogen and oxygen atoms in total. The molecule has 1 heterocycles. The number of benzene rings is 1. The normalized spacial score (nSPS) is 20.6. The first-order valence-electron chi connectivity index (χ1n) is 7.10. The standard InChI is InChI=1S/C14H23N3O2S/c1-2-16(12-13-7-4-3-5-8-13)20(18,19)17-10-6-9-14(17)11-15/h3-5,7-8,14H,2,6,9-12,15H2,1H3. The van der Waals surface area contributed by atoms with Crippen molar-refractivity contribution in [2.75, 3.05) is 19.6 Å². The van der Waals surface area contributed by atoms with Crippen molar-refractivity contribution in [2.24, 2.45) is 5.73 Å². The van der Waals surface area contributed by atoms with Crippen LogP contribution < -0.4 is 5.73 Å². The molecule has 0 aliphatic carbocycles. The molecule has 0 amide bonds. The van der Waals surface area contributed by atoms with E-state index < -0.39 is 10.2 Å². The number of rotatable bonds is 6. The summed E-state index contributed by atoms with van der Waals surface area (Å²) in [6.45, 7) is 3.71. The molecule has 2 N–H and O–H groups in total. The molecule has 1 aliphatic rings. The summed E-state index contributed by atoms with van der Waals surface area (Å²) < 4.78 is 28.6. The van der Waals surface area contributed by atoms with Crippen LogP contribution in [0.1, 0.15) is 25.3 Å². The van der Waals surface area contributed by atoms with E-state index in [1.807, 2.05) is 37.3 Å². The Balaban J connectivity index is 2.17. The summed E-state index contributed by atoms with van der Waals surface area (Å²) in [4.78, 5) is 0. The molecule has 1 aromatic rings. The van der Waals surface area contributed by atoms with Crippen LogP contribution in [0.15, 0.2) is 30.3 Å². The van der Waals surface area contributed by atoms with Gasteiger partial charge in [0.05, 0.1) is 0 Å². The van der Waals surface area contributed by atoms with Crippen LogP contribution in [0.2, 0.25) is 0 Å². The second-order valence-electron chi connectivity index (χ2n) is 5.06. The van der Waals surface area contributed by atoms with Crippen molar-refractivity contribution in [3.63, 3.8) is 0 Å². The van der Waals surface area contributed by atoms with E-state index in [1.165, 1.54) is 4.31 Å². The largest absolute Gasteiger partial charge is 0.329 e. The zero-order chi connectivity index (χ0) is 14.6. The van der Waals surface area contributed by atoms with Gasteiger partial charge in [-0.05, 0) is 18.4 Å².